The van der Waals surface area contributed by atoms with Crippen molar-refractivity contribution >= 4 is 44.1 Å². The lowest BCUT2D eigenvalue weighted by Crippen LogP contribution is -2.39. The number of carbonyl (C=O) groups excluding carboxylic acids is 1. The van der Waals surface area contributed by atoms with Gasteiger partial charge in [0, 0.05) is 25.0 Å². The van der Waals surface area contributed by atoms with E-state index in [2.05, 4.69) is 0 Å². The Morgan fingerprint density at radius 2 is 2.03 bits per heavy atom. The minimum atomic E-state index is -0.610. The number of aromatic hydroxyl groups is 1. The second-order valence-electron chi connectivity index (χ2n) is 8.30. The summed E-state index contributed by atoms with van der Waals surface area (Å²) in [6, 6.07) is 3.19. The standard InChI is InChI=1S/C22H21FN4O4S/c1-31-20-16-12(8-13(23)17(20)26-6-4-10(5-7-26)21(25)30)18(28)15-19(29)14(9-24)32-22(15)27(16)11-2-3-11/h8,10-11,29H,2-7H2,1H3,(H2,25,30). The first-order chi connectivity index (χ1) is 15.4. The number of piperidine rings is 1. The molecule has 3 aromatic rings. The molecule has 1 saturated carbocycles. The van der Waals surface area contributed by atoms with Crippen molar-refractivity contribution in [2.45, 2.75) is 31.7 Å². The fraction of sp³-hybridized carbons (Fsp3) is 0.409. The zero-order valence-electron chi connectivity index (χ0n) is 17.4. The topological polar surface area (TPSA) is 122 Å². The van der Waals surface area contributed by atoms with Crippen LogP contribution in [0.2, 0.25) is 0 Å². The van der Waals surface area contributed by atoms with Crippen LogP contribution in [0.25, 0.3) is 21.1 Å². The molecule has 166 valence electrons. The van der Waals surface area contributed by atoms with Gasteiger partial charge in [-0.1, -0.05) is 0 Å². The monoisotopic (exact) mass is 456 g/mol. The van der Waals surface area contributed by atoms with Crippen LogP contribution in [0.1, 0.15) is 36.6 Å². The molecule has 2 aromatic heterocycles. The number of nitrogens with two attached hydrogens (primary N) is 1. The Balaban J connectivity index is 1.80. The normalized spacial score (nSPS) is 17.1. The van der Waals surface area contributed by atoms with Gasteiger partial charge in [-0.3, -0.25) is 9.59 Å². The van der Waals surface area contributed by atoms with E-state index >= 15 is 4.39 Å². The van der Waals surface area contributed by atoms with Gasteiger partial charge in [-0.2, -0.15) is 5.26 Å². The summed E-state index contributed by atoms with van der Waals surface area (Å²) < 4.78 is 23.0. The highest BCUT2D eigenvalue weighted by Gasteiger charge is 2.34. The van der Waals surface area contributed by atoms with Gasteiger partial charge in [0.1, 0.15) is 26.9 Å². The third-order valence-corrected chi connectivity index (χ3v) is 7.49. The van der Waals surface area contributed by atoms with Gasteiger partial charge in [0.05, 0.1) is 18.0 Å². The third-order valence-electron chi connectivity index (χ3n) is 6.41. The Bertz CT molecular complexity index is 1380. The maximum absolute atomic E-state index is 15.4. The van der Waals surface area contributed by atoms with E-state index in [0.717, 1.165) is 24.2 Å². The van der Waals surface area contributed by atoms with Crippen LogP contribution in [0.15, 0.2) is 10.9 Å². The predicted molar refractivity (Wildman–Crippen MR) is 119 cm³/mol. The molecule has 1 saturated heterocycles. The molecule has 2 fully saturated rings. The number of aromatic nitrogens is 1. The summed E-state index contributed by atoms with van der Waals surface area (Å²) in [5.41, 5.74) is 5.61. The number of hydrogen-bond donors (Lipinski definition) is 2. The highest BCUT2D eigenvalue weighted by Crippen LogP contribution is 2.48. The molecule has 1 amide bonds. The molecule has 0 unspecified atom stereocenters. The van der Waals surface area contributed by atoms with Crippen LogP contribution in [0.5, 0.6) is 11.5 Å². The van der Waals surface area contributed by atoms with Crippen molar-refractivity contribution < 1.29 is 19.0 Å². The Morgan fingerprint density at radius 3 is 2.59 bits per heavy atom. The maximum Gasteiger partial charge on any atom is 0.220 e. The lowest BCUT2D eigenvalue weighted by molar-refractivity contribution is -0.122. The van der Waals surface area contributed by atoms with E-state index in [9.17, 15) is 20.0 Å². The summed E-state index contributed by atoms with van der Waals surface area (Å²) in [5.74, 6) is -1.32. The summed E-state index contributed by atoms with van der Waals surface area (Å²) in [5, 5.41) is 20.0. The van der Waals surface area contributed by atoms with Crippen LogP contribution in [0, 0.1) is 23.1 Å². The number of thiophene rings is 1. The molecule has 1 aliphatic carbocycles. The molecule has 3 heterocycles. The fourth-order valence-corrected chi connectivity index (χ4v) is 5.74. The average molecular weight is 456 g/mol. The lowest BCUT2D eigenvalue weighted by Gasteiger charge is -2.34. The molecule has 8 nitrogen and oxygen atoms in total. The summed E-state index contributed by atoms with van der Waals surface area (Å²) in [4.78, 5) is 27.2. The summed E-state index contributed by atoms with van der Waals surface area (Å²) in [6.45, 7) is 0.862. The predicted octanol–water partition coefficient (Wildman–Crippen LogP) is 2.98. The Hall–Kier alpha value is -3.32. The van der Waals surface area contributed by atoms with Crippen molar-refractivity contribution in [1.29, 1.82) is 5.26 Å². The van der Waals surface area contributed by atoms with E-state index in [4.69, 9.17) is 10.5 Å². The van der Waals surface area contributed by atoms with Gasteiger partial charge in [0.2, 0.25) is 11.3 Å². The number of rotatable bonds is 4. The number of amides is 1. The van der Waals surface area contributed by atoms with Crippen molar-refractivity contribution in [1.82, 2.24) is 4.57 Å². The first kappa shape index (κ1) is 20.6. The number of nitrogens with zero attached hydrogens (tertiary/aromatic N) is 3. The Kier molecular flexibility index (Phi) is 4.74. The van der Waals surface area contributed by atoms with Crippen molar-refractivity contribution in [2.24, 2.45) is 11.7 Å². The highest BCUT2D eigenvalue weighted by molar-refractivity contribution is 7.19. The van der Waals surface area contributed by atoms with Crippen molar-refractivity contribution in [3.05, 3.63) is 27.0 Å². The van der Waals surface area contributed by atoms with E-state index in [1.165, 1.54) is 13.2 Å². The number of hydrogen-bond acceptors (Lipinski definition) is 7. The third kappa shape index (κ3) is 2.92. The molecule has 0 atom stereocenters. The maximum atomic E-state index is 15.4. The number of benzene rings is 1. The molecular weight excluding hydrogens is 435 g/mol. The van der Waals surface area contributed by atoms with Gasteiger partial charge in [-0.15, -0.1) is 11.3 Å². The molecule has 0 spiro atoms. The van der Waals surface area contributed by atoms with Gasteiger partial charge >= 0.3 is 0 Å². The number of primary amides is 1. The first-order valence-corrected chi connectivity index (χ1v) is 11.2. The van der Waals surface area contributed by atoms with Crippen LogP contribution in [-0.2, 0) is 4.79 Å². The SMILES string of the molecule is COc1c(N2CCC(C(N)=O)CC2)c(F)cc2c(=O)c3c(O)c(C#N)sc3n(C3CC3)c12. The lowest BCUT2D eigenvalue weighted by atomic mass is 9.95. The smallest absolute Gasteiger partial charge is 0.220 e. The van der Waals surface area contributed by atoms with Crippen molar-refractivity contribution in [3.8, 4) is 17.6 Å². The minimum absolute atomic E-state index is 0.0439. The number of ether oxygens (including phenoxy) is 1. The molecule has 32 heavy (non-hydrogen) atoms. The molecule has 10 heteroatoms. The van der Waals surface area contributed by atoms with E-state index in [1.807, 2.05) is 15.5 Å². The average Bonchev–Trinajstić information content (AvgIpc) is 3.56. The Morgan fingerprint density at radius 1 is 1.34 bits per heavy atom. The van der Waals surface area contributed by atoms with E-state index in [1.54, 1.807) is 0 Å². The largest absolute Gasteiger partial charge is 0.505 e. The van der Waals surface area contributed by atoms with Crippen LogP contribution in [0.4, 0.5) is 10.1 Å². The van der Waals surface area contributed by atoms with E-state index in [-0.39, 0.29) is 50.7 Å². The summed E-state index contributed by atoms with van der Waals surface area (Å²) >= 11 is 1.05. The van der Waals surface area contributed by atoms with Crippen LogP contribution >= 0.6 is 11.3 Å². The number of pyridine rings is 1. The number of carbonyl (C=O) groups is 1. The van der Waals surface area contributed by atoms with Crippen LogP contribution in [0.3, 0.4) is 0 Å². The van der Waals surface area contributed by atoms with Crippen LogP contribution in [-0.4, -0.2) is 35.8 Å². The molecule has 1 aliphatic heterocycles. The number of halogens is 1. The fourth-order valence-electron chi connectivity index (χ4n) is 4.67. The number of fused-ring (bicyclic) bond motifs is 2. The zero-order valence-corrected chi connectivity index (χ0v) is 18.2. The number of methoxy groups -OCH3 is 1. The van der Waals surface area contributed by atoms with Gasteiger partial charge in [-0.05, 0) is 31.7 Å². The van der Waals surface area contributed by atoms with Crippen molar-refractivity contribution in [3.63, 3.8) is 0 Å². The number of nitriles is 1. The molecule has 0 bridgehead atoms. The minimum Gasteiger partial charge on any atom is -0.505 e. The van der Waals surface area contributed by atoms with Gasteiger partial charge in [0.15, 0.2) is 17.3 Å². The van der Waals surface area contributed by atoms with Crippen molar-refractivity contribution in [2.75, 3.05) is 25.1 Å². The molecule has 5 rings (SSSR count). The number of anilines is 1. The molecular formula is C22H21FN4O4S. The van der Waals surface area contributed by atoms with Crippen LogP contribution < -0.4 is 20.8 Å². The second kappa shape index (κ2) is 7.38. The zero-order chi connectivity index (χ0) is 22.7. The second-order valence-corrected chi connectivity index (χ2v) is 9.30. The molecule has 0 radical (unpaired) electrons. The summed E-state index contributed by atoms with van der Waals surface area (Å²) in [7, 11) is 1.44. The van der Waals surface area contributed by atoms with E-state index < -0.39 is 11.2 Å². The van der Waals surface area contributed by atoms with E-state index in [0.29, 0.717) is 36.3 Å². The molecule has 1 aromatic carbocycles. The van der Waals surface area contributed by atoms with Gasteiger partial charge in [-0.25, -0.2) is 4.39 Å². The first-order valence-electron chi connectivity index (χ1n) is 10.4. The Labute approximate surface area is 186 Å². The van der Waals surface area contributed by atoms with Gasteiger partial charge < -0.3 is 25.0 Å². The molecule has 2 aliphatic rings. The highest BCUT2D eigenvalue weighted by atomic mass is 32.1. The quantitative estimate of drug-likeness (QED) is 0.623. The summed E-state index contributed by atoms with van der Waals surface area (Å²) in [6.07, 6.45) is 2.75. The van der Waals surface area contributed by atoms with Gasteiger partial charge in [0.25, 0.3) is 0 Å². The molecule has 3 N–H and O–H groups in total.